The van der Waals surface area contributed by atoms with Crippen molar-refractivity contribution in [2.45, 2.75) is 24.5 Å². The Hall–Kier alpha value is -1.80. The van der Waals surface area contributed by atoms with Gasteiger partial charge in [-0.25, -0.2) is 15.0 Å². The average Bonchev–Trinajstić information content (AvgIpc) is 3.08. The average molecular weight is 341 g/mol. The van der Waals surface area contributed by atoms with Crippen molar-refractivity contribution >= 4 is 22.8 Å². The second-order valence-corrected chi connectivity index (χ2v) is 5.21. The van der Waals surface area contributed by atoms with Crippen LogP contribution in [-0.2, 0) is 4.74 Å². The summed E-state index contributed by atoms with van der Waals surface area (Å²) in [6.45, 7) is -0.794. The Bertz CT molecular complexity index is 786. The van der Waals surface area contributed by atoms with Crippen molar-refractivity contribution in [3.8, 4) is 11.8 Å². The van der Waals surface area contributed by atoms with Crippen LogP contribution >= 0.6 is 11.6 Å². The van der Waals surface area contributed by atoms with Crippen LogP contribution in [0.15, 0.2) is 6.33 Å². The van der Waals surface area contributed by atoms with E-state index >= 15 is 0 Å². The Morgan fingerprint density at radius 3 is 2.70 bits per heavy atom. The van der Waals surface area contributed by atoms with Gasteiger partial charge in [0.25, 0.3) is 0 Å². The van der Waals surface area contributed by atoms with Gasteiger partial charge in [-0.3, -0.25) is 4.57 Å². The fourth-order valence-corrected chi connectivity index (χ4v) is 2.57. The Balaban J connectivity index is 2.06. The van der Waals surface area contributed by atoms with Gasteiger partial charge in [-0.05, 0) is 5.92 Å². The zero-order chi connectivity index (χ0) is 16.6. The molecule has 4 atom stereocenters. The van der Waals surface area contributed by atoms with Crippen molar-refractivity contribution in [2.75, 3.05) is 13.2 Å². The normalized spacial score (nSPS) is 27.2. The minimum absolute atomic E-state index is 0.0581. The molecule has 9 nitrogen and oxygen atoms in total. The summed E-state index contributed by atoms with van der Waals surface area (Å²) in [5.41, 5.74) is 0.529. The molecule has 122 valence electrons. The molecule has 1 aliphatic rings. The van der Waals surface area contributed by atoms with Gasteiger partial charge in [0, 0.05) is 0 Å². The molecule has 3 heterocycles. The summed E-state index contributed by atoms with van der Waals surface area (Å²) < 4.78 is 6.83. The minimum Gasteiger partial charge on any atom is -0.394 e. The molecule has 2 aromatic rings. The summed E-state index contributed by atoms with van der Waals surface area (Å²) in [6, 6.07) is 0. The van der Waals surface area contributed by atoms with Gasteiger partial charge in [0.15, 0.2) is 17.0 Å². The van der Waals surface area contributed by atoms with E-state index in [2.05, 4.69) is 26.8 Å². The van der Waals surface area contributed by atoms with E-state index in [1.165, 1.54) is 10.9 Å². The highest BCUT2D eigenvalue weighted by molar-refractivity contribution is 6.33. The number of imidazole rings is 1. The van der Waals surface area contributed by atoms with E-state index in [1.807, 2.05) is 0 Å². The molecule has 0 bridgehead atoms. The molecule has 0 radical (unpaired) electrons. The number of hydrogen-bond acceptors (Lipinski definition) is 8. The van der Waals surface area contributed by atoms with Crippen molar-refractivity contribution in [2.24, 2.45) is 0 Å². The Morgan fingerprint density at radius 2 is 2.04 bits per heavy atom. The molecule has 0 spiro atoms. The third-order valence-corrected chi connectivity index (χ3v) is 3.71. The highest BCUT2D eigenvalue weighted by atomic mass is 35.5. The zero-order valence-corrected chi connectivity index (χ0v) is 12.4. The van der Waals surface area contributed by atoms with E-state index in [9.17, 15) is 10.2 Å². The van der Waals surface area contributed by atoms with Crippen molar-refractivity contribution in [1.29, 1.82) is 0 Å². The summed E-state index contributed by atoms with van der Waals surface area (Å²) in [6.07, 6.45) is -3.08. The van der Waals surface area contributed by atoms with Crippen LogP contribution in [0.2, 0.25) is 5.15 Å². The quantitative estimate of drug-likeness (QED) is 0.381. The van der Waals surface area contributed by atoms with E-state index in [4.69, 9.17) is 26.6 Å². The van der Waals surface area contributed by atoms with Crippen molar-refractivity contribution < 1.29 is 25.2 Å². The SMILES string of the molecule is OCC#Cc1nc(Cl)c2ncn([C@@H]3O[C@H](CO)[C@@H](O)[C@H]3O)c2n1. The predicted molar refractivity (Wildman–Crippen MR) is 77.3 cm³/mol. The first-order valence-electron chi connectivity index (χ1n) is 6.69. The monoisotopic (exact) mass is 340 g/mol. The molecule has 10 heteroatoms. The van der Waals surface area contributed by atoms with Crippen LogP contribution < -0.4 is 0 Å². The lowest BCUT2D eigenvalue weighted by Crippen LogP contribution is -2.33. The number of fused-ring (bicyclic) bond motifs is 1. The fraction of sp³-hybridized carbons (Fsp3) is 0.462. The lowest BCUT2D eigenvalue weighted by Gasteiger charge is -2.16. The maximum Gasteiger partial charge on any atom is 0.208 e. The van der Waals surface area contributed by atoms with E-state index in [0.29, 0.717) is 0 Å². The molecule has 0 unspecified atom stereocenters. The molecule has 1 aliphatic heterocycles. The van der Waals surface area contributed by atoms with Crippen molar-refractivity contribution in [3.05, 3.63) is 17.3 Å². The number of aromatic nitrogens is 4. The third-order valence-electron chi connectivity index (χ3n) is 3.45. The van der Waals surface area contributed by atoms with Crippen LogP contribution in [0.3, 0.4) is 0 Å². The number of ether oxygens (including phenoxy) is 1. The second kappa shape index (κ2) is 6.37. The first kappa shape index (κ1) is 16.1. The number of nitrogens with zero attached hydrogens (tertiary/aromatic N) is 4. The maximum atomic E-state index is 10.1. The van der Waals surface area contributed by atoms with Gasteiger partial charge in [0.1, 0.15) is 30.4 Å². The fourth-order valence-electron chi connectivity index (χ4n) is 2.35. The molecule has 0 saturated carbocycles. The molecular formula is C13H13ClN4O5. The summed E-state index contributed by atoms with van der Waals surface area (Å²) >= 11 is 6.03. The number of aliphatic hydroxyl groups excluding tert-OH is 4. The molecule has 1 saturated heterocycles. The molecule has 0 aliphatic carbocycles. The van der Waals surface area contributed by atoms with Gasteiger partial charge in [0.2, 0.25) is 5.82 Å². The van der Waals surface area contributed by atoms with Gasteiger partial charge in [0.05, 0.1) is 12.9 Å². The largest absolute Gasteiger partial charge is 0.394 e. The smallest absolute Gasteiger partial charge is 0.208 e. The molecule has 0 amide bonds. The number of halogens is 1. The van der Waals surface area contributed by atoms with Crippen LogP contribution in [-0.4, -0.2) is 71.5 Å². The number of aliphatic hydroxyl groups is 4. The second-order valence-electron chi connectivity index (χ2n) is 4.85. The van der Waals surface area contributed by atoms with Gasteiger partial charge in [-0.1, -0.05) is 17.5 Å². The standard InChI is InChI=1S/C13H13ClN4O5/c14-11-8-12(17-7(16-11)2-1-3-19)18(5-15-8)13-10(22)9(21)6(4-20)23-13/h5-6,9-10,13,19-22H,3-4H2/t6-,9-,10-,13-/m1/s1. The lowest BCUT2D eigenvalue weighted by atomic mass is 10.1. The van der Waals surface area contributed by atoms with Crippen LogP contribution in [0.25, 0.3) is 11.2 Å². The lowest BCUT2D eigenvalue weighted by molar-refractivity contribution is -0.0511. The van der Waals surface area contributed by atoms with E-state index < -0.39 is 31.1 Å². The topological polar surface area (TPSA) is 134 Å². The first-order chi connectivity index (χ1) is 11.1. The first-order valence-corrected chi connectivity index (χ1v) is 7.07. The molecule has 4 N–H and O–H groups in total. The highest BCUT2D eigenvalue weighted by Gasteiger charge is 2.44. The zero-order valence-electron chi connectivity index (χ0n) is 11.7. The highest BCUT2D eigenvalue weighted by Crippen LogP contribution is 2.32. The Kier molecular flexibility index (Phi) is 4.45. The van der Waals surface area contributed by atoms with Crippen molar-refractivity contribution in [3.63, 3.8) is 0 Å². The summed E-state index contributed by atoms with van der Waals surface area (Å²) in [5.74, 6) is 5.02. The maximum absolute atomic E-state index is 10.1. The predicted octanol–water partition coefficient (Wildman–Crippen LogP) is -1.57. The third kappa shape index (κ3) is 2.76. The molecule has 3 rings (SSSR count). The molecule has 1 fully saturated rings. The van der Waals surface area contributed by atoms with Crippen LogP contribution in [0.1, 0.15) is 12.1 Å². The summed E-state index contributed by atoms with van der Waals surface area (Å²) in [5, 5.41) is 37.9. The Labute approximate surface area is 135 Å². The van der Waals surface area contributed by atoms with E-state index in [-0.39, 0.29) is 28.7 Å². The minimum atomic E-state index is -1.27. The molecule has 2 aromatic heterocycles. The number of rotatable bonds is 2. The molecular weight excluding hydrogens is 328 g/mol. The van der Waals surface area contributed by atoms with Gasteiger partial charge < -0.3 is 25.2 Å². The van der Waals surface area contributed by atoms with Gasteiger partial charge in [-0.15, -0.1) is 0 Å². The molecule has 0 aromatic carbocycles. The van der Waals surface area contributed by atoms with Gasteiger partial charge >= 0.3 is 0 Å². The van der Waals surface area contributed by atoms with E-state index in [0.717, 1.165) is 0 Å². The van der Waals surface area contributed by atoms with Gasteiger partial charge in [-0.2, -0.15) is 0 Å². The molecule has 23 heavy (non-hydrogen) atoms. The Morgan fingerprint density at radius 1 is 1.26 bits per heavy atom. The van der Waals surface area contributed by atoms with E-state index in [1.54, 1.807) is 0 Å². The van der Waals surface area contributed by atoms with Crippen LogP contribution in [0, 0.1) is 11.8 Å². The van der Waals surface area contributed by atoms with Crippen LogP contribution in [0.4, 0.5) is 0 Å². The van der Waals surface area contributed by atoms with Crippen molar-refractivity contribution in [1.82, 2.24) is 19.5 Å². The summed E-state index contributed by atoms with van der Waals surface area (Å²) in [4.78, 5) is 12.2. The number of hydrogen-bond donors (Lipinski definition) is 4. The van der Waals surface area contributed by atoms with Crippen LogP contribution in [0.5, 0.6) is 0 Å². The summed E-state index contributed by atoms with van der Waals surface area (Å²) in [7, 11) is 0.